The summed E-state index contributed by atoms with van der Waals surface area (Å²) in [5.41, 5.74) is 15.9. The van der Waals surface area contributed by atoms with E-state index in [9.17, 15) is 9.59 Å². The zero-order valence-corrected chi connectivity index (χ0v) is 18.3. The summed E-state index contributed by atoms with van der Waals surface area (Å²) in [7, 11) is 3.97. The lowest BCUT2D eigenvalue weighted by atomic mass is 10.0. The molecule has 0 atom stereocenters. The quantitative estimate of drug-likeness (QED) is 0.372. The van der Waals surface area contributed by atoms with E-state index in [0.717, 1.165) is 23.2 Å². The van der Waals surface area contributed by atoms with Gasteiger partial charge in [0.1, 0.15) is 0 Å². The van der Waals surface area contributed by atoms with Crippen LogP contribution in [0.1, 0.15) is 26.3 Å². The van der Waals surface area contributed by atoms with E-state index >= 15 is 0 Å². The van der Waals surface area contributed by atoms with Crippen LogP contribution in [-0.4, -0.2) is 50.1 Å². The number of rotatable bonds is 8. The maximum Gasteiger partial charge on any atom is 0.255 e. The fraction of sp³-hybridized carbons (Fsp3) is 0.174. The number of carbonyl (C=O) groups is 2. The topological polar surface area (TPSA) is 114 Å². The predicted molar refractivity (Wildman–Crippen MR) is 128 cm³/mol. The van der Waals surface area contributed by atoms with E-state index in [4.69, 9.17) is 11.5 Å². The summed E-state index contributed by atoms with van der Waals surface area (Å²) in [6.07, 6.45) is 1.72. The largest absolute Gasteiger partial charge is 0.398 e. The van der Waals surface area contributed by atoms with E-state index in [0.29, 0.717) is 23.5 Å². The van der Waals surface area contributed by atoms with E-state index in [1.807, 2.05) is 48.0 Å². The smallest absolute Gasteiger partial charge is 0.255 e. The van der Waals surface area contributed by atoms with Gasteiger partial charge in [-0.1, -0.05) is 6.07 Å². The third-order valence-electron chi connectivity index (χ3n) is 4.62. The Balaban J connectivity index is 1.94. The first-order chi connectivity index (χ1) is 14.8. The van der Waals surface area contributed by atoms with Crippen LogP contribution in [0.2, 0.25) is 0 Å². The van der Waals surface area contributed by atoms with Gasteiger partial charge in [-0.05, 0) is 66.8 Å². The molecule has 3 aromatic rings. The second kappa shape index (κ2) is 10.0. The fourth-order valence-corrected chi connectivity index (χ4v) is 3.59. The first-order valence-corrected chi connectivity index (χ1v) is 10.6. The average Bonchev–Trinajstić information content (AvgIpc) is 3.27. The SMILES string of the molecule is CN(C)CCN=Cc1cc(NC(=O)c2cccc(C(N)=O)c2)c(-c2ccsc2)cc1N. The van der Waals surface area contributed by atoms with Crippen LogP contribution in [0, 0.1) is 0 Å². The van der Waals surface area contributed by atoms with Crippen LogP contribution in [0.5, 0.6) is 0 Å². The van der Waals surface area contributed by atoms with Gasteiger partial charge >= 0.3 is 0 Å². The molecule has 0 aliphatic rings. The van der Waals surface area contributed by atoms with Crippen molar-refractivity contribution in [2.75, 3.05) is 38.2 Å². The molecule has 31 heavy (non-hydrogen) atoms. The Hall–Kier alpha value is -3.49. The van der Waals surface area contributed by atoms with E-state index in [1.54, 1.807) is 35.8 Å². The van der Waals surface area contributed by atoms with Crippen molar-refractivity contribution in [1.29, 1.82) is 0 Å². The molecule has 2 aromatic carbocycles. The molecule has 2 amide bonds. The Morgan fingerprint density at radius 1 is 1.16 bits per heavy atom. The number of nitrogens with zero attached hydrogens (tertiary/aromatic N) is 2. The number of benzene rings is 2. The molecule has 5 N–H and O–H groups in total. The lowest BCUT2D eigenvalue weighted by Crippen LogP contribution is -2.16. The molecule has 0 radical (unpaired) electrons. The molecule has 0 spiro atoms. The van der Waals surface area contributed by atoms with Crippen molar-refractivity contribution in [2.24, 2.45) is 10.7 Å². The number of thiophene rings is 1. The summed E-state index contributed by atoms with van der Waals surface area (Å²) >= 11 is 1.56. The van der Waals surface area contributed by atoms with Gasteiger partial charge in [-0.2, -0.15) is 11.3 Å². The molecular weight excluding hydrogens is 410 g/mol. The number of aliphatic imine (C=N–C) groups is 1. The summed E-state index contributed by atoms with van der Waals surface area (Å²) < 4.78 is 0. The minimum atomic E-state index is -0.586. The molecule has 1 heterocycles. The normalized spacial score (nSPS) is 11.2. The van der Waals surface area contributed by atoms with Crippen molar-refractivity contribution in [3.63, 3.8) is 0 Å². The Morgan fingerprint density at radius 2 is 1.94 bits per heavy atom. The highest BCUT2D eigenvalue weighted by Gasteiger charge is 2.15. The van der Waals surface area contributed by atoms with Crippen molar-refractivity contribution < 1.29 is 9.59 Å². The van der Waals surface area contributed by atoms with Gasteiger partial charge in [0.15, 0.2) is 0 Å². The van der Waals surface area contributed by atoms with Gasteiger partial charge < -0.3 is 21.7 Å². The van der Waals surface area contributed by atoms with Gasteiger partial charge in [0.25, 0.3) is 5.91 Å². The summed E-state index contributed by atoms with van der Waals surface area (Å²) in [5, 5.41) is 6.90. The number of amides is 2. The maximum atomic E-state index is 12.9. The van der Waals surface area contributed by atoms with Gasteiger partial charge in [-0.15, -0.1) is 0 Å². The van der Waals surface area contributed by atoms with Crippen LogP contribution in [0.15, 0.2) is 58.2 Å². The van der Waals surface area contributed by atoms with E-state index in [-0.39, 0.29) is 11.5 Å². The molecule has 3 rings (SSSR count). The van der Waals surface area contributed by atoms with Crippen LogP contribution >= 0.6 is 11.3 Å². The van der Waals surface area contributed by atoms with Gasteiger partial charge in [0.05, 0.1) is 6.54 Å². The van der Waals surface area contributed by atoms with E-state index < -0.39 is 5.91 Å². The fourth-order valence-electron chi connectivity index (χ4n) is 2.93. The monoisotopic (exact) mass is 435 g/mol. The van der Waals surface area contributed by atoms with Crippen LogP contribution in [0.25, 0.3) is 11.1 Å². The zero-order chi connectivity index (χ0) is 22.4. The number of nitrogen functional groups attached to an aromatic ring is 1. The van der Waals surface area contributed by atoms with Crippen LogP contribution in [-0.2, 0) is 0 Å². The van der Waals surface area contributed by atoms with Crippen molar-refractivity contribution >= 4 is 40.7 Å². The molecular formula is C23H25N5O2S. The second-order valence-electron chi connectivity index (χ2n) is 7.28. The number of nitrogens with one attached hydrogen (secondary N) is 1. The highest BCUT2D eigenvalue weighted by Crippen LogP contribution is 2.33. The summed E-state index contributed by atoms with van der Waals surface area (Å²) in [4.78, 5) is 30.8. The molecule has 0 bridgehead atoms. The average molecular weight is 436 g/mol. The van der Waals surface area contributed by atoms with E-state index in [1.165, 1.54) is 6.07 Å². The van der Waals surface area contributed by atoms with Crippen molar-refractivity contribution in [3.8, 4) is 11.1 Å². The van der Waals surface area contributed by atoms with Crippen LogP contribution < -0.4 is 16.8 Å². The number of primary amides is 1. The molecule has 0 aliphatic carbocycles. The first kappa shape index (κ1) is 22.2. The molecule has 0 saturated heterocycles. The molecule has 8 heteroatoms. The number of hydrogen-bond donors (Lipinski definition) is 3. The summed E-state index contributed by atoms with van der Waals surface area (Å²) in [6.45, 7) is 1.46. The highest BCUT2D eigenvalue weighted by atomic mass is 32.1. The van der Waals surface area contributed by atoms with Crippen LogP contribution in [0.4, 0.5) is 11.4 Å². The molecule has 0 saturated carbocycles. The van der Waals surface area contributed by atoms with E-state index in [2.05, 4.69) is 10.3 Å². The van der Waals surface area contributed by atoms with Crippen molar-refractivity contribution in [3.05, 3.63) is 69.9 Å². The molecule has 0 aliphatic heterocycles. The number of anilines is 2. The van der Waals surface area contributed by atoms with Crippen molar-refractivity contribution in [2.45, 2.75) is 0 Å². The van der Waals surface area contributed by atoms with Gasteiger partial charge in [0, 0.05) is 46.4 Å². The number of hydrogen-bond acceptors (Lipinski definition) is 6. The Labute approximate surface area is 185 Å². The Kier molecular flexibility index (Phi) is 7.17. The van der Waals surface area contributed by atoms with Gasteiger partial charge in [0.2, 0.25) is 5.91 Å². The lowest BCUT2D eigenvalue weighted by molar-refractivity contribution is 0.1000. The molecule has 0 unspecified atom stereocenters. The van der Waals surface area contributed by atoms with Gasteiger partial charge in [-0.3, -0.25) is 14.6 Å². The standard InChI is InChI=1S/C23H25N5O2S/c1-28(2)8-7-26-13-18-11-21(19(12-20(18)24)17-6-9-31-14-17)27-23(30)16-5-3-4-15(10-16)22(25)29/h3-6,9-14H,7-8,24H2,1-2H3,(H2,25,29)(H,27,30). The predicted octanol–water partition coefficient (Wildman–Crippen LogP) is 3.33. The minimum Gasteiger partial charge on any atom is -0.398 e. The summed E-state index contributed by atoms with van der Waals surface area (Å²) in [6, 6.07) is 11.9. The van der Waals surface area contributed by atoms with Crippen molar-refractivity contribution in [1.82, 2.24) is 4.90 Å². The summed E-state index contributed by atoms with van der Waals surface area (Å²) in [5.74, 6) is -0.933. The zero-order valence-electron chi connectivity index (χ0n) is 17.5. The van der Waals surface area contributed by atoms with Gasteiger partial charge in [-0.25, -0.2) is 0 Å². The molecule has 7 nitrogen and oxygen atoms in total. The third-order valence-corrected chi connectivity index (χ3v) is 5.30. The highest BCUT2D eigenvalue weighted by molar-refractivity contribution is 7.08. The third kappa shape index (κ3) is 5.78. The Morgan fingerprint density at radius 3 is 2.61 bits per heavy atom. The molecule has 160 valence electrons. The number of carbonyl (C=O) groups excluding carboxylic acids is 2. The maximum absolute atomic E-state index is 12.9. The number of nitrogens with two attached hydrogens (primary N) is 2. The lowest BCUT2D eigenvalue weighted by Gasteiger charge is -2.14. The van der Waals surface area contributed by atoms with Crippen LogP contribution in [0.3, 0.4) is 0 Å². The minimum absolute atomic E-state index is 0.275. The number of likely N-dealkylation sites (N-methyl/N-ethyl adjacent to an activating group) is 1. The molecule has 1 aromatic heterocycles. The Bertz CT molecular complexity index is 1110. The second-order valence-corrected chi connectivity index (χ2v) is 8.06. The first-order valence-electron chi connectivity index (χ1n) is 9.67. The molecule has 0 fully saturated rings.